The Morgan fingerprint density at radius 2 is 2.05 bits per heavy atom. The summed E-state index contributed by atoms with van der Waals surface area (Å²) in [4.78, 5) is 0.0894. The molecule has 0 radical (unpaired) electrons. The van der Waals surface area contributed by atoms with E-state index in [0.29, 0.717) is 4.47 Å². The van der Waals surface area contributed by atoms with Gasteiger partial charge in [0.1, 0.15) is 10.6 Å². The predicted octanol–water partition coefficient (Wildman–Crippen LogP) is 1.85. The fraction of sp³-hybridized carbons (Fsp3) is 0.500. The molecular formula is C12H18BrNO4S. The van der Waals surface area contributed by atoms with Gasteiger partial charge in [0.25, 0.3) is 0 Å². The van der Waals surface area contributed by atoms with Crippen LogP contribution in [0.15, 0.2) is 27.6 Å². The van der Waals surface area contributed by atoms with Crippen LogP contribution in [0.2, 0.25) is 0 Å². The fourth-order valence-corrected chi connectivity index (χ4v) is 4.06. The Morgan fingerprint density at radius 1 is 1.42 bits per heavy atom. The third kappa shape index (κ3) is 3.68. The molecule has 0 fully saturated rings. The molecule has 1 aromatic carbocycles. The molecule has 0 unspecified atom stereocenters. The largest absolute Gasteiger partial charge is 0.495 e. The molecule has 0 aliphatic rings. The van der Waals surface area contributed by atoms with E-state index in [4.69, 9.17) is 9.84 Å². The van der Waals surface area contributed by atoms with Crippen molar-refractivity contribution in [3.8, 4) is 5.75 Å². The van der Waals surface area contributed by atoms with E-state index in [-0.39, 0.29) is 29.8 Å². The first-order valence-corrected chi connectivity index (χ1v) is 8.04. The Balaban J connectivity index is 3.36. The van der Waals surface area contributed by atoms with Gasteiger partial charge in [-0.15, -0.1) is 0 Å². The summed E-state index contributed by atoms with van der Waals surface area (Å²) in [5.41, 5.74) is 0. The van der Waals surface area contributed by atoms with Crippen LogP contribution in [0.5, 0.6) is 5.75 Å². The van der Waals surface area contributed by atoms with Crippen LogP contribution in [-0.4, -0.2) is 44.1 Å². The molecule has 7 heteroatoms. The number of hydrogen-bond donors (Lipinski definition) is 1. The maximum absolute atomic E-state index is 12.6. The lowest BCUT2D eigenvalue weighted by molar-refractivity contribution is 0.236. The molecule has 0 aliphatic carbocycles. The van der Waals surface area contributed by atoms with Gasteiger partial charge in [0.2, 0.25) is 10.0 Å². The number of aliphatic hydroxyl groups excluding tert-OH is 1. The smallest absolute Gasteiger partial charge is 0.247 e. The van der Waals surface area contributed by atoms with Gasteiger partial charge >= 0.3 is 0 Å². The van der Waals surface area contributed by atoms with Crippen molar-refractivity contribution in [3.05, 3.63) is 22.7 Å². The molecule has 1 N–H and O–H groups in total. The minimum atomic E-state index is -3.71. The zero-order chi connectivity index (χ0) is 14.6. The van der Waals surface area contributed by atoms with Gasteiger partial charge in [-0.3, -0.25) is 0 Å². The maximum atomic E-state index is 12.6. The van der Waals surface area contributed by atoms with Crippen molar-refractivity contribution < 1.29 is 18.3 Å². The molecule has 0 saturated heterocycles. The number of benzene rings is 1. The monoisotopic (exact) mass is 351 g/mol. The van der Waals surface area contributed by atoms with Gasteiger partial charge in [0.05, 0.1) is 13.7 Å². The fourth-order valence-electron chi connectivity index (χ4n) is 1.73. The van der Waals surface area contributed by atoms with Crippen molar-refractivity contribution in [2.45, 2.75) is 24.8 Å². The summed E-state index contributed by atoms with van der Waals surface area (Å²) in [5.74, 6) is 0.284. The van der Waals surface area contributed by atoms with Crippen molar-refractivity contribution in [1.29, 1.82) is 0 Å². The molecule has 0 atom stereocenters. The van der Waals surface area contributed by atoms with Crippen LogP contribution in [0, 0.1) is 0 Å². The Labute approximate surface area is 122 Å². The van der Waals surface area contributed by atoms with E-state index >= 15 is 0 Å². The van der Waals surface area contributed by atoms with E-state index in [1.165, 1.54) is 17.5 Å². The number of methoxy groups -OCH3 is 1. The third-order valence-corrected chi connectivity index (χ3v) is 5.20. The second kappa shape index (κ2) is 6.69. The van der Waals surface area contributed by atoms with Crippen molar-refractivity contribution in [2.24, 2.45) is 0 Å². The number of rotatable bonds is 6. The van der Waals surface area contributed by atoms with E-state index in [1.54, 1.807) is 26.0 Å². The summed E-state index contributed by atoms with van der Waals surface area (Å²) in [6, 6.07) is 4.56. The Kier molecular flexibility index (Phi) is 5.79. The molecule has 1 rings (SSSR count). The second-order valence-corrected chi connectivity index (χ2v) is 7.00. The highest BCUT2D eigenvalue weighted by Gasteiger charge is 2.29. The molecule has 19 heavy (non-hydrogen) atoms. The Morgan fingerprint density at radius 3 is 2.53 bits per heavy atom. The zero-order valence-electron chi connectivity index (χ0n) is 11.1. The number of halogens is 1. The second-order valence-electron chi connectivity index (χ2n) is 4.23. The summed E-state index contributed by atoms with van der Waals surface area (Å²) in [7, 11) is -2.28. The average Bonchev–Trinajstić information content (AvgIpc) is 2.35. The lowest BCUT2D eigenvalue weighted by Crippen LogP contribution is -2.39. The molecule has 0 amide bonds. The topological polar surface area (TPSA) is 66.8 Å². The third-order valence-electron chi connectivity index (χ3n) is 2.61. The SMILES string of the molecule is COc1ccc(Br)cc1S(=O)(=O)N(CCO)C(C)C. The molecule has 0 bridgehead atoms. The first kappa shape index (κ1) is 16.4. The highest BCUT2D eigenvalue weighted by Crippen LogP contribution is 2.30. The van der Waals surface area contributed by atoms with Gasteiger partial charge in [-0.25, -0.2) is 8.42 Å². The average molecular weight is 352 g/mol. The summed E-state index contributed by atoms with van der Waals surface area (Å²) in [5, 5.41) is 9.03. The molecule has 0 spiro atoms. The summed E-state index contributed by atoms with van der Waals surface area (Å²) < 4.78 is 32.2. The van der Waals surface area contributed by atoms with E-state index in [0.717, 1.165) is 0 Å². The quantitative estimate of drug-likeness (QED) is 0.849. The van der Waals surface area contributed by atoms with Gasteiger partial charge < -0.3 is 9.84 Å². The molecule has 0 saturated carbocycles. The van der Waals surface area contributed by atoms with Crippen LogP contribution in [0.1, 0.15) is 13.8 Å². The van der Waals surface area contributed by atoms with Gasteiger partial charge in [-0.05, 0) is 32.0 Å². The Hall–Kier alpha value is -0.630. The van der Waals surface area contributed by atoms with E-state index in [9.17, 15) is 8.42 Å². The molecular weight excluding hydrogens is 334 g/mol. The minimum Gasteiger partial charge on any atom is -0.495 e. The summed E-state index contributed by atoms with van der Waals surface area (Å²) in [6.45, 7) is 3.35. The van der Waals surface area contributed by atoms with Gasteiger partial charge in [-0.2, -0.15) is 4.31 Å². The number of hydrogen-bond acceptors (Lipinski definition) is 4. The van der Waals surface area contributed by atoms with Crippen molar-refractivity contribution >= 4 is 26.0 Å². The minimum absolute atomic E-state index is 0.0513. The molecule has 0 aliphatic heterocycles. The first-order valence-electron chi connectivity index (χ1n) is 5.80. The predicted molar refractivity (Wildman–Crippen MR) is 76.8 cm³/mol. The number of nitrogens with zero attached hydrogens (tertiary/aromatic N) is 1. The summed E-state index contributed by atoms with van der Waals surface area (Å²) in [6.07, 6.45) is 0. The Bertz CT molecular complexity index is 531. The van der Waals surface area contributed by atoms with Gasteiger partial charge in [0, 0.05) is 17.1 Å². The number of sulfonamides is 1. The molecule has 1 aromatic rings. The molecule has 108 valence electrons. The van der Waals surface area contributed by atoms with Crippen LogP contribution < -0.4 is 4.74 Å². The number of aliphatic hydroxyl groups is 1. The maximum Gasteiger partial charge on any atom is 0.247 e. The van der Waals surface area contributed by atoms with E-state index in [2.05, 4.69) is 15.9 Å². The van der Waals surface area contributed by atoms with Gasteiger partial charge in [0.15, 0.2) is 0 Å². The first-order chi connectivity index (χ1) is 8.84. The van der Waals surface area contributed by atoms with Crippen LogP contribution in [0.4, 0.5) is 0 Å². The summed E-state index contributed by atoms with van der Waals surface area (Å²) >= 11 is 3.26. The van der Waals surface area contributed by atoms with Gasteiger partial charge in [-0.1, -0.05) is 15.9 Å². The van der Waals surface area contributed by atoms with Crippen LogP contribution in [0.3, 0.4) is 0 Å². The van der Waals surface area contributed by atoms with Crippen molar-refractivity contribution in [3.63, 3.8) is 0 Å². The number of ether oxygens (including phenoxy) is 1. The van der Waals surface area contributed by atoms with E-state index < -0.39 is 10.0 Å². The normalized spacial score (nSPS) is 12.2. The van der Waals surface area contributed by atoms with Crippen LogP contribution in [-0.2, 0) is 10.0 Å². The lowest BCUT2D eigenvalue weighted by Gasteiger charge is -2.25. The van der Waals surface area contributed by atoms with Crippen molar-refractivity contribution in [2.75, 3.05) is 20.3 Å². The molecule has 0 aromatic heterocycles. The van der Waals surface area contributed by atoms with E-state index in [1.807, 2.05) is 0 Å². The molecule has 0 heterocycles. The lowest BCUT2D eigenvalue weighted by atomic mass is 10.3. The highest BCUT2D eigenvalue weighted by molar-refractivity contribution is 9.10. The molecule has 5 nitrogen and oxygen atoms in total. The standard InChI is InChI=1S/C12H18BrNO4S/c1-9(2)14(6-7-15)19(16,17)12-8-10(13)4-5-11(12)18-3/h4-5,8-9,15H,6-7H2,1-3H3. The highest BCUT2D eigenvalue weighted by atomic mass is 79.9. The van der Waals surface area contributed by atoms with Crippen molar-refractivity contribution in [1.82, 2.24) is 4.31 Å². The van der Waals surface area contributed by atoms with Crippen LogP contribution >= 0.6 is 15.9 Å². The zero-order valence-corrected chi connectivity index (χ0v) is 13.5. The van der Waals surface area contributed by atoms with Crippen LogP contribution in [0.25, 0.3) is 0 Å².